The zero-order chi connectivity index (χ0) is 21.3. The summed E-state index contributed by atoms with van der Waals surface area (Å²) in [5.74, 6) is -2.93. The Morgan fingerprint density at radius 2 is 1.30 bits per heavy atom. The summed E-state index contributed by atoms with van der Waals surface area (Å²) in [6.07, 6.45) is 0. The maximum Gasteiger partial charge on any atom is 0.335 e. The molecule has 0 bridgehead atoms. The van der Waals surface area contributed by atoms with E-state index in [0.29, 0.717) is 16.8 Å². The van der Waals surface area contributed by atoms with Gasteiger partial charge in [-0.05, 0) is 29.8 Å². The van der Waals surface area contributed by atoms with E-state index in [0.717, 1.165) is 0 Å². The molecule has 1 saturated heterocycles. The lowest BCUT2D eigenvalue weighted by molar-refractivity contribution is -0.132. The molecule has 4 rings (SSSR count). The summed E-state index contributed by atoms with van der Waals surface area (Å²) in [5, 5.41) is 20.1. The Balaban J connectivity index is 1.91. The SMILES string of the molecule is O=C1C(=O)N(c2ccc(C(=O)O)cc2)[C@H](c2ccccc2)C1=C(O)c1ccccc1. The van der Waals surface area contributed by atoms with Crippen molar-refractivity contribution in [1.82, 2.24) is 0 Å². The molecule has 3 aromatic rings. The largest absolute Gasteiger partial charge is 0.507 e. The summed E-state index contributed by atoms with van der Waals surface area (Å²) in [6.45, 7) is 0. The molecule has 0 saturated carbocycles. The predicted octanol–water partition coefficient (Wildman–Crippen LogP) is 4.01. The number of carbonyl (C=O) groups excluding carboxylic acids is 2. The lowest BCUT2D eigenvalue weighted by Gasteiger charge is -2.25. The molecular weight excluding hydrogens is 382 g/mol. The monoisotopic (exact) mass is 399 g/mol. The van der Waals surface area contributed by atoms with Gasteiger partial charge < -0.3 is 10.2 Å². The summed E-state index contributed by atoms with van der Waals surface area (Å²) in [7, 11) is 0. The van der Waals surface area contributed by atoms with Gasteiger partial charge in [0.15, 0.2) is 0 Å². The van der Waals surface area contributed by atoms with Crippen LogP contribution >= 0.6 is 0 Å². The minimum Gasteiger partial charge on any atom is -0.507 e. The second-order valence-corrected chi connectivity index (χ2v) is 6.80. The van der Waals surface area contributed by atoms with Crippen LogP contribution in [0.5, 0.6) is 0 Å². The standard InChI is InChI=1S/C24H17NO5/c26-21(16-9-5-2-6-10-16)19-20(15-7-3-1-4-8-15)25(23(28)22(19)27)18-13-11-17(12-14-18)24(29)30/h1-14,20,26H,(H,29,30)/t20-/m1/s1. The molecule has 0 spiro atoms. The van der Waals surface area contributed by atoms with Crippen LogP contribution in [-0.4, -0.2) is 27.9 Å². The number of hydrogen-bond acceptors (Lipinski definition) is 4. The van der Waals surface area contributed by atoms with E-state index in [1.54, 1.807) is 54.6 Å². The fourth-order valence-electron chi connectivity index (χ4n) is 3.57. The van der Waals surface area contributed by atoms with E-state index in [1.165, 1.54) is 29.2 Å². The fourth-order valence-corrected chi connectivity index (χ4v) is 3.57. The highest BCUT2D eigenvalue weighted by atomic mass is 16.4. The molecule has 1 fully saturated rings. The van der Waals surface area contributed by atoms with Gasteiger partial charge in [0.05, 0.1) is 17.2 Å². The van der Waals surface area contributed by atoms with Crippen molar-refractivity contribution in [3.8, 4) is 0 Å². The van der Waals surface area contributed by atoms with Crippen molar-refractivity contribution in [2.75, 3.05) is 4.90 Å². The van der Waals surface area contributed by atoms with Crippen LogP contribution in [0, 0.1) is 0 Å². The molecule has 0 aromatic heterocycles. The van der Waals surface area contributed by atoms with Crippen molar-refractivity contribution in [1.29, 1.82) is 0 Å². The van der Waals surface area contributed by atoms with Crippen molar-refractivity contribution in [2.24, 2.45) is 0 Å². The molecule has 3 aromatic carbocycles. The maximum atomic E-state index is 13.0. The van der Waals surface area contributed by atoms with E-state index in [-0.39, 0.29) is 16.9 Å². The van der Waals surface area contributed by atoms with E-state index in [2.05, 4.69) is 0 Å². The van der Waals surface area contributed by atoms with Crippen LogP contribution in [0.4, 0.5) is 5.69 Å². The summed E-state index contributed by atoms with van der Waals surface area (Å²) in [6, 6.07) is 22.3. The lowest BCUT2D eigenvalue weighted by atomic mass is 9.95. The van der Waals surface area contributed by atoms with Crippen molar-refractivity contribution < 1.29 is 24.6 Å². The second kappa shape index (κ2) is 7.67. The third-order valence-corrected chi connectivity index (χ3v) is 5.00. The molecule has 0 radical (unpaired) electrons. The average molecular weight is 399 g/mol. The Kier molecular flexibility index (Phi) is 4.90. The molecule has 6 nitrogen and oxygen atoms in total. The van der Waals surface area contributed by atoms with Crippen molar-refractivity contribution in [3.63, 3.8) is 0 Å². The van der Waals surface area contributed by atoms with Crippen LogP contribution in [0.15, 0.2) is 90.5 Å². The first kappa shape index (κ1) is 19.1. The maximum absolute atomic E-state index is 13.0. The van der Waals surface area contributed by atoms with Gasteiger partial charge in [0.2, 0.25) is 0 Å². The highest BCUT2D eigenvalue weighted by molar-refractivity contribution is 6.51. The van der Waals surface area contributed by atoms with E-state index < -0.39 is 23.7 Å². The summed E-state index contributed by atoms with van der Waals surface area (Å²) in [4.78, 5) is 38.4. The number of carbonyl (C=O) groups is 3. The number of Topliss-reactive ketones (excluding diaryl/α,β-unsaturated/α-hetero) is 1. The summed E-state index contributed by atoms with van der Waals surface area (Å²) < 4.78 is 0. The van der Waals surface area contributed by atoms with Crippen LogP contribution in [-0.2, 0) is 9.59 Å². The first-order chi connectivity index (χ1) is 14.5. The predicted molar refractivity (Wildman–Crippen MR) is 111 cm³/mol. The van der Waals surface area contributed by atoms with Crippen LogP contribution in [0.2, 0.25) is 0 Å². The van der Waals surface area contributed by atoms with Gasteiger partial charge in [-0.25, -0.2) is 4.79 Å². The van der Waals surface area contributed by atoms with Crippen molar-refractivity contribution >= 4 is 29.1 Å². The Bertz CT molecular complexity index is 1150. The number of hydrogen-bond donors (Lipinski definition) is 2. The normalized spacial score (nSPS) is 17.9. The van der Waals surface area contributed by atoms with E-state index >= 15 is 0 Å². The minimum atomic E-state index is -1.09. The number of rotatable bonds is 4. The molecule has 6 heteroatoms. The number of aromatic carboxylic acids is 1. The van der Waals surface area contributed by atoms with Gasteiger partial charge in [0, 0.05) is 11.3 Å². The molecule has 1 aliphatic heterocycles. The summed E-state index contributed by atoms with van der Waals surface area (Å²) in [5.41, 5.74) is 1.49. The van der Waals surface area contributed by atoms with Gasteiger partial charge >= 0.3 is 5.97 Å². The molecule has 1 heterocycles. The molecule has 0 aliphatic carbocycles. The molecule has 2 N–H and O–H groups in total. The van der Waals surface area contributed by atoms with Crippen LogP contribution < -0.4 is 4.90 Å². The van der Waals surface area contributed by atoms with Gasteiger partial charge in [0.1, 0.15) is 5.76 Å². The Labute approximate surface area is 172 Å². The number of aliphatic hydroxyl groups excluding tert-OH is 1. The Hall–Kier alpha value is -4.19. The van der Waals surface area contributed by atoms with E-state index in [4.69, 9.17) is 5.11 Å². The molecule has 148 valence electrons. The number of carboxylic acid groups (broad SMARTS) is 1. The molecule has 30 heavy (non-hydrogen) atoms. The number of amides is 1. The molecular formula is C24H17NO5. The van der Waals surface area contributed by atoms with Crippen LogP contribution in [0.1, 0.15) is 27.5 Å². The second-order valence-electron chi connectivity index (χ2n) is 6.80. The highest BCUT2D eigenvalue weighted by Crippen LogP contribution is 2.42. The highest BCUT2D eigenvalue weighted by Gasteiger charge is 2.46. The third-order valence-electron chi connectivity index (χ3n) is 5.00. The van der Waals surface area contributed by atoms with E-state index in [9.17, 15) is 19.5 Å². The number of carboxylic acids is 1. The zero-order valence-corrected chi connectivity index (χ0v) is 15.7. The number of aliphatic hydroxyl groups is 1. The van der Waals surface area contributed by atoms with Crippen LogP contribution in [0.25, 0.3) is 5.76 Å². The fraction of sp³-hybridized carbons (Fsp3) is 0.0417. The molecule has 1 atom stereocenters. The first-order valence-electron chi connectivity index (χ1n) is 9.24. The minimum absolute atomic E-state index is 0.0142. The topological polar surface area (TPSA) is 94.9 Å². The van der Waals surface area contributed by atoms with Gasteiger partial charge in [-0.15, -0.1) is 0 Å². The van der Waals surface area contributed by atoms with E-state index in [1.807, 2.05) is 6.07 Å². The number of ketones is 1. The summed E-state index contributed by atoms with van der Waals surface area (Å²) >= 11 is 0. The Morgan fingerprint density at radius 3 is 1.87 bits per heavy atom. The average Bonchev–Trinajstić information content (AvgIpc) is 3.05. The Morgan fingerprint density at radius 1 is 0.733 bits per heavy atom. The first-order valence-corrected chi connectivity index (χ1v) is 9.24. The molecule has 1 aliphatic rings. The molecule has 0 unspecified atom stereocenters. The third kappa shape index (κ3) is 3.24. The smallest absolute Gasteiger partial charge is 0.335 e. The number of benzene rings is 3. The van der Waals surface area contributed by atoms with Crippen molar-refractivity contribution in [2.45, 2.75) is 6.04 Å². The number of nitrogens with zero attached hydrogens (tertiary/aromatic N) is 1. The number of anilines is 1. The lowest BCUT2D eigenvalue weighted by Crippen LogP contribution is -2.29. The van der Waals surface area contributed by atoms with Gasteiger partial charge in [-0.3, -0.25) is 14.5 Å². The van der Waals surface area contributed by atoms with Gasteiger partial charge in [-0.1, -0.05) is 60.7 Å². The van der Waals surface area contributed by atoms with Gasteiger partial charge in [0.25, 0.3) is 11.7 Å². The van der Waals surface area contributed by atoms with Gasteiger partial charge in [-0.2, -0.15) is 0 Å². The molecule has 1 amide bonds. The quantitative estimate of drug-likeness (QED) is 0.393. The van der Waals surface area contributed by atoms with Crippen molar-refractivity contribution in [3.05, 3.63) is 107 Å². The van der Waals surface area contributed by atoms with Crippen LogP contribution in [0.3, 0.4) is 0 Å². The zero-order valence-electron chi connectivity index (χ0n) is 15.7.